The number of benzene rings is 1. The molecule has 1 amide bonds. The van der Waals surface area contributed by atoms with Crippen molar-refractivity contribution in [2.24, 2.45) is 5.73 Å². The van der Waals surface area contributed by atoms with Crippen LogP contribution >= 0.6 is 0 Å². The van der Waals surface area contributed by atoms with E-state index >= 15 is 0 Å². The number of hydrogen-bond donors (Lipinski definition) is 8. The van der Waals surface area contributed by atoms with Crippen LogP contribution in [0.5, 0.6) is 0 Å². The number of nitrogens with one attached hydrogen (secondary N) is 3. The summed E-state index contributed by atoms with van der Waals surface area (Å²) in [6.07, 6.45) is -0.888. The number of carbonyl (C=O) groups excluding carboxylic acids is 1. The maximum Gasteiger partial charge on any atom is 0.490 e. The number of alkyl halides is 3. The van der Waals surface area contributed by atoms with Gasteiger partial charge in [-0.05, 0) is 44.1 Å². The van der Waals surface area contributed by atoms with Crippen LogP contribution < -0.4 is 21.7 Å². The summed E-state index contributed by atoms with van der Waals surface area (Å²) in [6.45, 7) is 1.63. The van der Waals surface area contributed by atoms with E-state index in [1.807, 2.05) is 30.3 Å². The van der Waals surface area contributed by atoms with Crippen LogP contribution in [-0.4, -0.2) is 101 Å². The molecule has 2 heterocycles. The molecule has 258 valence electrons. The van der Waals surface area contributed by atoms with Gasteiger partial charge < -0.3 is 46.7 Å². The quantitative estimate of drug-likeness (QED) is 0.155. The number of carboxylic acid groups (broad SMARTS) is 1. The molecular weight excluding hydrogens is 625 g/mol. The SMILES string of the molecule is CCC(=O)N[C@H]1C[C@@H](n2cnc3c(N[C@H](CO)Cc4ccccc4)nc(NC4CCC(N)CC4)nc32)[C@H](O)[C@@H]1O.O=C(O)C(F)(F)F. The Morgan fingerprint density at radius 2 is 1.74 bits per heavy atom. The van der Waals surface area contributed by atoms with Crippen LogP contribution in [0.4, 0.5) is 24.9 Å². The number of imidazole rings is 1. The number of amides is 1. The lowest BCUT2D eigenvalue weighted by molar-refractivity contribution is -0.192. The minimum atomic E-state index is -5.08. The zero-order valence-corrected chi connectivity index (χ0v) is 25.8. The van der Waals surface area contributed by atoms with E-state index in [2.05, 4.69) is 20.9 Å². The van der Waals surface area contributed by atoms with Crippen molar-refractivity contribution in [1.29, 1.82) is 0 Å². The summed E-state index contributed by atoms with van der Waals surface area (Å²) in [4.78, 5) is 35.0. The first-order valence-electron chi connectivity index (χ1n) is 15.4. The molecule has 3 aromatic rings. The number of rotatable bonds is 10. The molecule has 2 aromatic heterocycles. The van der Waals surface area contributed by atoms with E-state index in [1.165, 1.54) is 0 Å². The van der Waals surface area contributed by atoms with E-state index < -0.39 is 36.4 Å². The van der Waals surface area contributed by atoms with Gasteiger partial charge in [-0.2, -0.15) is 23.1 Å². The molecule has 0 bridgehead atoms. The van der Waals surface area contributed by atoms with Gasteiger partial charge >= 0.3 is 12.1 Å². The minimum Gasteiger partial charge on any atom is -0.475 e. The number of carboxylic acids is 1. The van der Waals surface area contributed by atoms with Crippen LogP contribution in [-0.2, 0) is 16.0 Å². The monoisotopic (exact) mass is 666 g/mol. The second kappa shape index (κ2) is 15.7. The zero-order valence-electron chi connectivity index (χ0n) is 25.8. The summed E-state index contributed by atoms with van der Waals surface area (Å²) in [5, 5.41) is 48.6. The molecule has 2 aliphatic rings. The van der Waals surface area contributed by atoms with Gasteiger partial charge in [0, 0.05) is 18.5 Å². The molecule has 47 heavy (non-hydrogen) atoms. The van der Waals surface area contributed by atoms with E-state index in [1.54, 1.807) is 17.8 Å². The second-order valence-electron chi connectivity index (χ2n) is 11.8. The molecule has 0 saturated heterocycles. The van der Waals surface area contributed by atoms with Crippen molar-refractivity contribution in [2.45, 2.75) is 100 Å². The average molecular weight is 667 g/mol. The standard InChI is InChI=1S/C28H40N8O4.C2HF3O2/c1-2-22(38)33-20-13-21(25(40)24(20)39)36-15-30-23-26(31-19(14-37)12-16-6-4-3-5-7-16)34-28(35-27(23)36)32-18-10-8-17(29)9-11-18;3-2(4,5)1(6)7/h3-7,15,17-21,24-25,37,39-40H,2,8-14,29H2,1H3,(H,33,38)(H2,31,32,34,35);(H,6,7)/t17?,18?,19-,20-,21+,24+,25-;/m0./s1. The van der Waals surface area contributed by atoms with Crippen LogP contribution in [0.1, 0.15) is 57.1 Å². The Labute approximate surface area is 268 Å². The number of aliphatic hydroxyl groups excluding tert-OH is 3. The smallest absolute Gasteiger partial charge is 0.475 e. The molecule has 5 atom stereocenters. The molecule has 0 spiro atoms. The number of aliphatic carboxylic acids is 1. The Hall–Kier alpha value is -4.06. The highest BCUT2D eigenvalue weighted by atomic mass is 19.4. The highest BCUT2D eigenvalue weighted by molar-refractivity contribution is 5.84. The molecule has 14 nitrogen and oxygen atoms in total. The van der Waals surface area contributed by atoms with Gasteiger partial charge in [-0.1, -0.05) is 37.3 Å². The summed E-state index contributed by atoms with van der Waals surface area (Å²) in [7, 11) is 0. The highest BCUT2D eigenvalue weighted by Gasteiger charge is 2.44. The molecular formula is C30H41F3N8O6. The first-order chi connectivity index (χ1) is 22.3. The number of fused-ring (bicyclic) bond motifs is 1. The predicted molar refractivity (Wildman–Crippen MR) is 165 cm³/mol. The number of carbonyl (C=O) groups is 2. The fourth-order valence-corrected chi connectivity index (χ4v) is 5.76. The van der Waals surface area contributed by atoms with Gasteiger partial charge in [0.1, 0.15) is 12.2 Å². The largest absolute Gasteiger partial charge is 0.490 e. The number of aromatic nitrogens is 4. The third-order valence-corrected chi connectivity index (χ3v) is 8.33. The number of nitrogens with zero attached hydrogens (tertiary/aromatic N) is 4. The van der Waals surface area contributed by atoms with Gasteiger partial charge in [-0.15, -0.1) is 0 Å². The Kier molecular flexibility index (Phi) is 11.9. The van der Waals surface area contributed by atoms with E-state index in [-0.39, 0.29) is 37.1 Å². The molecule has 17 heteroatoms. The van der Waals surface area contributed by atoms with Crippen molar-refractivity contribution < 1.29 is 43.2 Å². The van der Waals surface area contributed by atoms with E-state index in [9.17, 15) is 33.3 Å². The summed E-state index contributed by atoms with van der Waals surface area (Å²) >= 11 is 0. The number of anilines is 2. The molecule has 2 saturated carbocycles. The molecule has 0 aliphatic heterocycles. The number of halogens is 3. The molecule has 9 N–H and O–H groups in total. The van der Waals surface area contributed by atoms with Crippen molar-refractivity contribution in [3.05, 3.63) is 42.2 Å². The van der Waals surface area contributed by atoms with E-state index in [4.69, 9.17) is 25.6 Å². The van der Waals surface area contributed by atoms with E-state index in [0.717, 1.165) is 31.2 Å². The van der Waals surface area contributed by atoms with Gasteiger partial charge in [0.2, 0.25) is 11.9 Å². The average Bonchev–Trinajstić information content (AvgIpc) is 3.58. The van der Waals surface area contributed by atoms with E-state index in [0.29, 0.717) is 35.8 Å². The van der Waals surface area contributed by atoms with Gasteiger partial charge in [-0.25, -0.2) is 9.78 Å². The third-order valence-electron chi connectivity index (χ3n) is 8.33. The first kappa shape index (κ1) is 35.8. The highest BCUT2D eigenvalue weighted by Crippen LogP contribution is 2.35. The van der Waals surface area contributed by atoms with Crippen molar-refractivity contribution in [1.82, 2.24) is 24.8 Å². The van der Waals surface area contributed by atoms with Gasteiger partial charge in [0.25, 0.3) is 0 Å². The Balaban J connectivity index is 0.000000644. The zero-order chi connectivity index (χ0) is 34.3. The Morgan fingerprint density at radius 1 is 1.09 bits per heavy atom. The normalized spacial score (nSPS) is 25.0. The summed E-state index contributed by atoms with van der Waals surface area (Å²) in [5.74, 6) is -2.06. The van der Waals surface area contributed by atoms with Crippen LogP contribution in [0, 0.1) is 0 Å². The lowest BCUT2D eigenvalue weighted by atomic mass is 9.92. The number of aliphatic hydroxyl groups is 3. The second-order valence-corrected chi connectivity index (χ2v) is 11.8. The van der Waals surface area contributed by atoms with Crippen molar-refractivity contribution in [2.75, 3.05) is 17.2 Å². The molecule has 5 rings (SSSR count). The lowest BCUT2D eigenvalue weighted by Gasteiger charge is -2.27. The van der Waals surface area contributed by atoms with Crippen molar-refractivity contribution in [3.8, 4) is 0 Å². The topological polar surface area (TPSA) is 221 Å². The maximum atomic E-state index is 12.0. The lowest BCUT2D eigenvalue weighted by Crippen LogP contribution is -2.42. The minimum absolute atomic E-state index is 0.114. The molecule has 1 aromatic carbocycles. The predicted octanol–water partition coefficient (Wildman–Crippen LogP) is 1.72. The molecule has 0 radical (unpaired) electrons. The fourth-order valence-electron chi connectivity index (χ4n) is 5.76. The van der Waals surface area contributed by atoms with Gasteiger partial charge in [0.15, 0.2) is 17.0 Å². The number of nitrogens with two attached hydrogens (primary N) is 1. The van der Waals surface area contributed by atoms with Crippen molar-refractivity contribution >= 4 is 34.8 Å². The third kappa shape index (κ3) is 9.27. The fraction of sp³-hybridized carbons (Fsp3) is 0.567. The van der Waals surface area contributed by atoms with Crippen LogP contribution in [0.3, 0.4) is 0 Å². The van der Waals surface area contributed by atoms with Gasteiger partial charge in [0.05, 0.1) is 31.1 Å². The molecule has 0 unspecified atom stereocenters. The Morgan fingerprint density at radius 3 is 2.34 bits per heavy atom. The molecule has 2 aliphatic carbocycles. The van der Waals surface area contributed by atoms with Crippen LogP contribution in [0.25, 0.3) is 11.2 Å². The number of hydrogen-bond acceptors (Lipinski definition) is 11. The molecule has 2 fully saturated rings. The van der Waals surface area contributed by atoms with Crippen LogP contribution in [0.15, 0.2) is 36.7 Å². The summed E-state index contributed by atoms with van der Waals surface area (Å²) in [5.41, 5.74) is 8.15. The van der Waals surface area contributed by atoms with Crippen LogP contribution in [0.2, 0.25) is 0 Å². The summed E-state index contributed by atoms with van der Waals surface area (Å²) < 4.78 is 33.5. The van der Waals surface area contributed by atoms with Gasteiger partial charge in [-0.3, -0.25) is 4.79 Å². The van der Waals surface area contributed by atoms with Crippen molar-refractivity contribution in [3.63, 3.8) is 0 Å². The Bertz CT molecular complexity index is 1490. The first-order valence-corrected chi connectivity index (χ1v) is 15.4. The summed E-state index contributed by atoms with van der Waals surface area (Å²) in [6, 6.07) is 8.82. The maximum absolute atomic E-state index is 12.0.